The third-order valence-corrected chi connectivity index (χ3v) is 8.65. The van der Waals surface area contributed by atoms with E-state index >= 15 is 0 Å². The van der Waals surface area contributed by atoms with Crippen molar-refractivity contribution in [3.63, 3.8) is 0 Å². The second kappa shape index (κ2) is 12.4. The van der Waals surface area contributed by atoms with Gasteiger partial charge in [0.05, 0.1) is 32.6 Å². The summed E-state index contributed by atoms with van der Waals surface area (Å²) in [6.45, 7) is 6.24. The Bertz CT molecular complexity index is 1730. The minimum atomic E-state index is 0.618. The molecule has 1 saturated heterocycles. The van der Waals surface area contributed by atoms with Crippen LogP contribution in [0.2, 0.25) is 0 Å². The topological polar surface area (TPSA) is 90.3 Å². The zero-order chi connectivity index (χ0) is 28.0. The molecule has 1 aliphatic heterocycles. The fourth-order valence-electron chi connectivity index (χ4n) is 4.47. The lowest BCUT2D eigenvalue weighted by Crippen LogP contribution is -2.15. The molecule has 204 valence electrons. The van der Waals surface area contributed by atoms with Crippen molar-refractivity contribution in [2.24, 2.45) is 30.7 Å². The number of hydrogen-bond acceptors (Lipinski definition) is 10. The van der Waals surface area contributed by atoms with Crippen molar-refractivity contribution in [2.75, 3.05) is 18.0 Å². The van der Waals surface area contributed by atoms with Crippen molar-refractivity contribution in [2.45, 2.75) is 26.7 Å². The van der Waals surface area contributed by atoms with Gasteiger partial charge in [-0.2, -0.15) is 10.2 Å². The summed E-state index contributed by atoms with van der Waals surface area (Å²) in [4.78, 5) is 7.86. The van der Waals surface area contributed by atoms with E-state index in [1.807, 2.05) is 80.7 Å². The maximum atomic E-state index is 4.47. The van der Waals surface area contributed by atoms with Crippen LogP contribution >= 0.6 is 22.7 Å². The summed E-state index contributed by atoms with van der Waals surface area (Å²) in [7, 11) is 0. The first-order valence-corrected chi connectivity index (χ1v) is 15.1. The fraction of sp³-hybridized carbons (Fsp3) is 0.194. The van der Waals surface area contributed by atoms with Gasteiger partial charge in [0.25, 0.3) is 0 Å². The summed E-state index contributed by atoms with van der Waals surface area (Å²) in [5, 5.41) is 29.3. The van der Waals surface area contributed by atoms with E-state index in [4.69, 9.17) is 0 Å². The number of benzene rings is 3. The molecule has 10 heteroatoms. The minimum absolute atomic E-state index is 0.618. The number of aromatic nitrogens is 1. The van der Waals surface area contributed by atoms with Crippen LogP contribution in [0.5, 0.6) is 0 Å². The first kappa shape index (κ1) is 26.8. The molecule has 2 aromatic heterocycles. The van der Waals surface area contributed by atoms with Gasteiger partial charge in [-0.15, -0.1) is 20.5 Å². The van der Waals surface area contributed by atoms with Gasteiger partial charge in [0.2, 0.25) is 5.13 Å². The van der Waals surface area contributed by atoms with E-state index in [1.165, 1.54) is 29.2 Å². The molecular formula is C31H28N8S2. The molecule has 0 atom stereocenters. The van der Waals surface area contributed by atoms with Gasteiger partial charge in [-0.05, 0) is 91.9 Å². The fourth-order valence-corrected chi connectivity index (χ4v) is 6.09. The lowest BCUT2D eigenvalue weighted by Gasteiger charge is -2.13. The Labute approximate surface area is 246 Å². The Balaban J connectivity index is 1.08. The van der Waals surface area contributed by atoms with Gasteiger partial charge < -0.3 is 4.90 Å². The summed E-state index contributed by atoms with van der Waals surface area (Å²) < 4.78 is 0. The Morgan fingerprint density at radius 1 is 0.659 bits per heavy atom. The zero-order valence-corrected chi connectivity index (χ0v) is 24.4. The van der Waals surface area contributed by atoms with Crippen molar-refractivity contribution in [1.82, 2.24) is 4.98 Å². The molecule has 8 nitrogen and oxygen atoms in total. The number of aryl methyl sites for hydroxylation is 2. The van der Waals surface area contributed by atoms with Crippen LogP contribution in [0, 0.1) is 13.8 Å². The quantitative estimate of drug-likeness (QED) is 0.172. The number of nitrogens with zero attached hydrogens (tertiary/aromatic N) is 8. The number of azo groups is 3. The molecule has 3 heterocycles. The van der Waals surface area contributed by atoms with Gasteiger partial charge in [-0.3, -0.25) is 0 Å². The molecule has 0 unspecified atom stereocenters. The zero-order valence-electron chi connectivity index (χ0n) is 22.8. The highest BCUT2D eigenvalue weighted by Gasteiger charge is 2.14. The number of hydrogen-bond donors (Lipinski definition) is 0. The molecule has 1 aliphatic rings. The van der Waals surface area contributed by atoms with Crippen LogP contribution < -0.4 is 4.90 Å². The first-order valence-electron chi connectivity index (χ1n) is 13.4. The van der Waals surface area contributed by atoms with E-state index in [0.29, 0.717) is 5.13 Å². The number of thiophene rings is 1. The van der Waals surface area contributed by atoms with Gasteiger partial charge in [-0.25, -0.2) is 4.98 Å². The summed E-state index contributed by atoms with van der Waals surface area (Å²) in [6.07, 6.45) is 4.36. The van der Waals surface area contributed by atoms with Crippen LogP contribution in [0.15, 0.2) is 116 Å². The van der Waals surface area contributed by atoms with Gasteiger partial charge in [0.1, 0.15) is 5.00 Å². The summed E-state index contributed by atoms with van der Waals surface area (Å²) in [5.74, 6) is 0. The summed E-state index contributed by atoms with van der Waals surface area (Å²) in [6, 6.07) is 25.9. The van der Waals surface area contributed by atoms with Crippen LogP contribution in [0.3, 0.4) is 0 Å². The van der Waals surface area contributed by atoms with Crippen LogP contribution in [0.1, 0.15) is 24.0 Å². The highest BCUT2D eigenvalue weighted by Crippen LogP contribution is 2.36. The van der Waals surface area contributed by atoms with E-state index in [9.17, 15) is 0 Å². The van der Waals surface area contributed by atoms with E-state index in [1.54, 1.807) is 11.3 Å². The SMILES string of the molecule is Cc1cc(N=Nc2ccc(N3CCCC3)s2)ccc1N=Nc1ccc(N=Nc2ncc(-c3ccccc3)s2)c(C)c1. The van der Waals surface area contributed by atoms with E-state index in [0.717, 1.165) is 62.4 Å². The molecule has 41 heavy (non-hydrogen) atoms. The van der Waals surface area contributed by atoms with E-state index in [2.05, 4.69) is 58.8 Å². The van der Waals surface area contributed by atoms with Crippen LogP contribution in [-0.4, -0.2) is 18.1 Å². The Morgan fingerprint density at radius 3 is 2.00 bits per heavy atom. The van der Waals surface area contributed by atoms with Gasteiger partial charge in [0, 0.05) is 19.3 Å². The van der Waals surface area contributed by atoms with Crippen LogP contribution in [0.25, 0.3) is 10.4 Å². The van der Waals surface area contributed by atoms with Crippen molar-refractivity contribution < 1.29 is 0 Å². The molecule has 0 saturated carbocycles. The van der Waals surface area contributed by atoms with Crippen molar-refractivity contribution >= 4 is 60.6 Å². The van der Waals surface area contributed by atoms with Crippen molar-refractivity contribution in [3.05, 3.63) is 96.2 Å². The maximum Gasteiger partial charge on any atom is 0.230 e. The van der Waals surface area contributed by atoms with Gasteiger partial charge in [-0.1, -0.05) is 53.0 Å². The maximum absolute atomic E-state index is 4.47. The van der Waals surface area contributed by atoms with Gasteiger partial charge >= 0.3 is 0 Å². The van der Waals surface area contributed by atoms with Crippen molar-refractivity contribution in [3.8, 4) is 10.4 Å². The average Bonchev–Trinajstić information content (AvgIpc) is 3.78. The smallest absolute Gasteiger partial charge is 0.230 e. The number of thiazole rings is 1. The van der Waals surface area contributed by atoms with E-state index in [-0.39, 0.29) is 0 Å². The summed E-state index contributed by atoms with van der Waals surface area (Å²) in [5.41, 5.74) is 6.15. The molecule has 3 aromatic carbocycles. The predicted octanol–water partition coefficient (Wildman–Crippen LogP) is 11.3. The highest BCUT2D eigenvalue weighted by atomic mass is 32.1. The number of rotatable bonds is 8. The second-order valence-corrected chi connectivity index (χ2v) is 11.8. The molecule has 0 radical (unpaired) electrons. The Hall–Kier alpha value is -4.41. The molecule has 0 bridgehead atoms. The standard InChI is InChI=1S/C31H28N8S2/c1-21-19-25(34-37-29-14-15-30(41-29)39-16-6-7-17-39)11-12-26(21)35-33-24-10-13-27(22(2)18-24)36-38-31-32-20-28(40-31)23-8-4-3-5-9-23/h3-5,8-15,18-20H,6-7,16-17H2,1-2H3. The molecule has 5 aromatic rings. The average molecular weight is 577 g/mol. The third-order valence-electron chi connectivity index (χ3n) is 6.69. The van der Waals surface area contributed by atoms with Crippen LogP contribution in [-0.2, 0) is 0 Å². The second-order valence-electron chi connectivity index (χ2n) is 9.72. The number of anilines is 1. The highest BCUT2D eigenvalue weighted by molar-refractivity contribution is 7.19. The largest absolute Gasteiger partial charge is 0.363 e. The lowest BCUT2D eigenvalue weighted by atomic mass is 10.2. The molecule has 6 rings (SSSR count). The summed E-state index contributed by atoms with van der Waals surface area (Å²) >= 11 is 3.19. The van der Waals surface area contributed by atoms with Crippen molar-refractivity contribution in [1.29, 1.82) is 0 Å². The molecule has 0 N–H and O–H groups in total. The predicted molar refractivity (Wildman–Crippen MR) is 168 cm³/mol. The van der Waals surface area contributed by atoms with Crippen LogP contribution in [0.4, 0.5) is 37.9 Å². The first-order chi connectivity index (χ1) is 20.1. The molecule has 0 amide bonds. The minimum Gasteiger partial charge on any atom is -0.363 e. The van der Waals surface area contributed by atoms with E-state index < -0.39 is 0 Å². The Morgan fingerprint density at radius 2 is 1.32 bits per heavy atom. The monoisotopic (exact) mass is 576 g/mol. The van der Waals surface area contributed by atoms with Gasteiger partial charge in [0.15, 0.2) is 0 Å². The molecule has 0 spiro atoms. The lowest BCUT2D eigenvalue weighted by molar-refractivity contribution is 0.949. The third kappa shape index (κ3) is 6.67. The molecule has 1 fully saturated rings. The normalized spacial score (nSPS) is 13.9. The molecule has 0 aliphatic carbocycles. The Kier molecular flexibility index (Phi) is 8.11. The molecular weight excluding hydrogens is 549 g/mol.